The van der Waals surface area contributed by atoms with Crippen molar-refractivity contribution in [2.24, 2.45) is 35.3 Å². The van der Waals surface area contributed by atoms with E-state index in [-0.39, 0.29) is 86.7 Å². The predicted molar refractivity (Wildman–Crippen MR) is 521 cm³/mol. The van der Waals surface area contributed by atoms with E-state index in [0.29, 0.717) is 24.2 Å². The molecule has 18 rings (SSSR count). The molecule has 21 N–H and O–H groups in total. The first-order valence-electron chi connectivity index (χ1n) is 48.9. The third-order valence-electron chi connectivity index (χ3n) is 27.9. The highest BCUT2D eigenvalue weighted by atomic mass is 35.5. The fourth-order valence-electron chi connectivity index (χ4n) is 21.0. The van der Waals surface area contributed by atoms with Crippen molar-refractivity contribution in [1.29, 1.82) is 0 Å². The molecule has 7 heterocycles. The van der Waals surface area contributed by atoms with Gasteiger partial charge < -0.3 is 142 Å². The summed E-state index contributed by atoms with van der Waals surface area (Å²) in [5, 5.41) is 135. The first-order chi connectivity index (χ1) is 68.8. The van der Waals surface area contributed by atoms with E-state index >= 15 is 33.6 Å². The van der Waals surface area contributed by atoms with Gasteiger partial charge in [0.05, 0.1) is 46.2 Å². The van der Waals surface area contributed by atoms with Crippen LogP contribution in [0.15, 0.2) is 102 Å². The summed E-state index contributed by atoms with van der Waals surface area (Å²) in [6.07, 6.45) is -15.8. The summed E-state index contributed by atoms with van der Waals surface area (Å²) in [6.45, 7) is 16.4. The van der Waals surface area contributed by atoms with Gasteiger partial charge in [-0.3, -0.25) is 43.3 Å². The summed E-state index contributed by atoms with van der Waals surface area (Å²) < 4.78 is 86.7. The van der Waals surface area contributed by atoms with Crippen LogP contribution < -0.4 is 77.3 Å². The SMILES string of the molecule is CCCCCOc1ccc(S(=O)(=O)NCCNCc2c(O)cc3c4c2C(O)(O)c2ccc(cc2-4)[C@H]2NC(=O)[C@@H]4NC(=O)[C@H](CC(N)=O)NC(=O)[C@H](NC(=O)[C@@H](CC(C)C)N(C)C(=O)OC(C)(C)C)[C@H](O)c5ccc(c(Cl)c5)Oc5cc4cc(c5O[C@@H]4O[C@H](CO)[C@@H](O)[C@H](O)[C@H]4O[C@H]4C[C@@](C)(NC(=O)OC(C)(C)C)[C@H](O)[C@H](C)O4)Oc4ccc(cc4Cl)[C@@H](O)[C@H](NC2=O)C(=O)N[C@@H]3C(=O)NC2C3CC4CC(C3)CC2C4)cc1. The van der Waals surface area contributed by atoms with Crippen LogP contribution >= 0.6 is 23.2 Å². The Labute approximate surface area is 852 Å². The Balaban J connectivity index is 0.898. The Bertz CT molecular complexity index is 6060. The molecule has 4 saturated carbocycles. The number of primary amides is 1. The number of likely N-dealkylation sites (N-methyl/N-ethyl adjacent to an activating group) is 1. The fraction of sp³-hybridized carbons (Fsp3) is 0.545. The van der Waals surface area contributed by atoms with Crippen molar-refractivity contribution in [2.45, 2.75) is 291 Å². The smallest absolute Gasteiger partial charge is 0.410 e. The van der Waals surface area contributed by atoms with Gasteiger partial charge in [0.25, 0.3) is 0 Å². The number of halogens is 2. The summed E-state index contributed by atoms with van der Waals surface area (Å²) in [5.74, 6) is -16.4. The largest absolute Gasteiger partial charge is 0.508 e. The third-order valence-corrected chi connectivity index (χ3v) is 30.0. The van der Waals surface area contributed by atoms with E-state index in [2.05, 4.69) is 52.6 Å². The molecule has 146 heavy (non-hydrogen) atoms. The number of hydrogen-bond donors (Lipinski definition) is 20. The molecular formula is C101H128Cl2N12O30S. The number of benzene rings is 6. The summed E-state index contributed by atoms with van der Waals surface area (Å²) in [5.41, 5.74) is -1.09. The van der Waals surface area contributed by atoms with Crippen molar-refractivity contribution in [3.63, 3.8) is 0 Å². The molecule has 7 aliphatic heterocycles. The molecule has 6 aromatic rings. The number of ether oxygens (including phenoxy) is 9. The number of sulfonamides is 1. The van der Waals surface area contributed by atoms with Crippen molar-refractivity contribution < 1.29 is 145 Å². The average Bonchev–Trinajstić information content (AvgIpc) is 1.55. The molecule has 0 aromatic heterocycles. The van der Waals surface area contributed by atoms with Crippen LogP contribution in [0.3, 0.4) is 0 Å². The number of rotatable bonds is 27. The normalized spacial score (nSPS) is 28.5. The van der Waals surface area contributed by atoms with Gasteiger partial charge in [0.2, 0.25) is 75.1 Å². The first kappa shape index (κ1) is 109. The van der Waals surface area contributed by atoms with Gasteiger partial charge >= 0.3 is 12.2 Å². The highest BCUT2D eigenvalue weighted by Crippen LogP contribution is 2.57. The van der Waals surface area contributed by atoms with E-state index in [0.717, 1.165) is 111 Å². The quantitative estimate of drug-likeness (QED) is 0.0211. The highest BCUT2D eigenvalue weighted by molar-refractivity contribution is 7.89. The lowest BCUT2D eigenvalue weighted by Crippen LogP contribution is -2.66. The second-order valence-corrected chi connectivity index (χ2v) is 44.3. The van der Waals surface area contributed by atoms with Crippen LogP contribution in [0.25, 0.3) is 11.1 Å². The maximum Gasteiger partial charge on any atom is 0.410 e. The first-order valence-corrected chi connectivity index (χ1v) is 51.1. The van der Waals surface area contributed by atoms with Crippen LogP contribution in [-0.2, 0) is 84.4 Å². The van der Waals surface area contributed by atoms with Crippen molar-refractivity contribution in [2.75, 3.05) is 33.4 Å². The summed E-state index contributed by atoms with van der Waals surface area (Å²) in [7, 11) is -2.91. The number of phenols is 1. The summed E-state index contributed by atoms with van der Waals surface area (Å²) >= 11 is 14.7. The summed E-state index contributed by atoms with van der Waals surface area (Å²) in [6, 6.07) is 3.82. The van der Waals surface area contributed by atoms with Crippen LogP contribution in [0.2, 0.25) is 10.0 Å². The van der Waals surface area contributed by atoms with E-state index in [1.165, 1.54) is 63.4 Å². The highest BCUT2D eigenvalue weighted by Gasteiger charge is 2.56. The molecule has 0 unspecified atom stereocenters. The number of carbonyl (C=O) groups is 10. The zero-order valence-electron chi connectivity index (χ0n) is 82.6. The number of amides is 10. The molecule has 6 aromatic carbocycles. The van der Waals surface area contributed by atoms with Crippen molar-refractivity contribution in [3.8, 4) is 51.4 Å². The number of aliphatic hydroxyl groups excluding tert-OH is 6. The minimum atomic E-state index is -4.18. The number of nitrogens with zero attached hydrogens (tertiary/aromatic N) is 1. The molecule has 6 fully saturated rings. The van der Waals surface area contributed by atoms with Crippen molar-refractivity contribution >= 4 is 92.7 Å². The molecule has 2 saturated heterocycles. The Kier molecular flexibility index (Phi) is 32.7. The molecule has 5 aliphatic carbocycles. The van der Waals surface area contributed by atoms with E-state index in [9.17, 15) is 68.8 Å². The number of aromatic hydroxyl groups is 1. The Hall–Kier alpha value is -11.4. The molecule has 0 spiro atoms. The molecule has 0 radical (unpaired) electrons. The molecule has 18 atom stereocenters. The minimum Gasteiger partial charge on any atom is -0.508 e. The lowest BCUT2D eigenvalue weighted by atomic mass is 9.54. The number of fused-ring (bicyclic) bond motifs is 12. The monoisotopic (exact) mass is 2090 g/mol. The third kappa shape index (κ3) is 23.8. The fourth-order valence-corrected chi connectivity index (χ4v) is 22.5. The Morgan fingerprint density at radius 3 is 1.90 bits per heavy atom. The molecule has 12 aliphatic rings. The minimum absolute atomic E-state index is 0.0156. The van der Waals surface area contributed by atoms with Crippen LogP contribution in [0.5, 0.6) is 40.2 Å². The van der Waals surface area contributed by atoms with Gasteiger partial charge in [-0.25, -0.2) is 22.7 Å². The second-order valence-electron chi connectivity index (χ2n) is 41.7. The van der Waals surface area contributed by atoms with Crippen molar-refractivity contribution in [1.82, 2.24) is 57.5 Å². The van der Waals surface area contributed by atoms with E-state index < -0.39 is 283 Å². The number of hydrogen-bond acceptors (Lipinski definition) is 31. The number of aliphatic hydroxyl groups is 8. The maximum absolute atomic E-state index is 16.9. The van der Waals surface area contributed by atoms with Gasteiger partial charge in [0.1, 0.15) is 113 Å². The van der Waals surface area contributed by atoms with E-state index in [1.54, 1.807) is 55.4 Å². The predicted octanol–water partition coefficient (Wildman–Crippen LogP) is 5.90. The van der Waals surface area contributed by atoms with Crippen LogP contribution in [0.4, 0.5) is 9.59 Å². The lowest BCUT2D eigenvalue weighted by molar-refractivity contribution is -0.334. The van der Waals surface area contributed by atoms with Crippen LogP contribution in [0.1, 0.15) is 222 Å². The standard InChI is InChI=1S/C101H128Cl2N12O30S/c1-13-14-15-28-137-55-19-21-56(22-20-55)146(135,136)106-27-26-105-43-59-65(117)40-58-73-57-35-49(16-23-60(57)101(133,134)74(59)73)76-90(126)113-80(94(130)111-78(58)92(128)108-75-52-31-47-30-48(33-52)34-53(75)32-47)82(120)51-18-25-67(62(103)37-51)140-69-39-54-38-68(85(69)143-95-86(84(122)83(121)70(44-116)141-95)142-72-42-100(11,87(123)46(4)138-72)114-96(131)144-98(5,6)7)139-66-24-17-50(36-61(66)102)81(119)79(93(129)107-63(41-71(104)118)88(124)109-77(54)91(127)110-76)112-89(125)64(29-45(2)3)115(12)97(132)145-99(8,9)10/h16-25,35-40,45-48,52-53,63-64,70,72,75-84,86-87,95,105-106,116-117,119-123,133-134H,13-15,26-34,41-44H2,1-12H3,(H2,104,118)(H,107,129)(H,108,128)(H,109,124)(H,110,127)(H,111,130)(H,112,125)(H,113,126)(H,114,131)/t46-,47?,48?,52?,53?,63-,64+,70+,72-,75?,76+,77+,78-,79+,80-,81+,82+,83+,84-,86+,87+,95-,100+/m0/s1. The average molecular weight is 2090 g/mol. The van der Waals surface area contributed by atoms with Crippen molar-refractivity contribution in [3.05, 3.63) is 152 Å². The molecule has 10 amide bonds. The van der Waals surface area contributed by atoms with Gasteiger partial charge in [-0.05, 0) is 242 Å². The maximum atomic E-state index is 16.9. The van der Waals surface area contributed by atoms with Gasteiger partial charge in [0, 0.05) is 55.8 Å². The lowest BCUT2D eigenvalue weighted by Gasteiger charge is -2.54. The van der Waals surface area contributed by atoms with Crippen LogP contribution in [-0.4, -0.2) is 248 Å². The van der Waals surface area contributed by atoms with Gasteiger partial charge in [0.15, 0.2) is 23.9 Å². The second kappa shape index (κ2) is 43.8. The summed E-state index contributed by atoms with van der Waals surface area (Å²) in [4.78, 5) is 154. The number of unbranched alkanes of at least 4 members (excludes halogenated alkanes) is 2. The Morgan fingerprint density at radius 2 is 1.29 bits per heavy atom. The number of phenolic OH excluding ortho intramolecular Hbond substituents is 1. The molecular weight excluding hydrogens is 1960 g/mol. The number of nitrogens with one attached hydrogen (secondary N) is 10. The Morgan fingerprint density at radius 1 is 0.685 bits per heavy atom. The number of nitrogens with two attached hydrogens (primary N) is 1. The number of carbonyl (C=O) groups excluding carboxylic acids is 10. The zero-order chi connectivity index (χ0) is 106. The molecule has 42 nitrogen and oxygen atoms in total. The molecule has 792 valence electrons. The van der Waals surface area contributed by atoms with Gasteiger partial charge in [-0.1, -0.05) is 81.1 Å². The number of alkyl carbamates (subject to hydrolysis) is 1. The van der Waals surface area contributed by atoms with E-state index in [4.69, 9.17) is 71.6 Å². The molecule has 15 bridgehead atoms. The van der Waals surface area contributed by atoms with Crippen LogP contribution in [0, 0.1) is 29.6 Å². The van der Waals surface area contributed by atoms with Gasteiger partial charge in [-0.2, -0.15) is 0 Å². The zero-order valence-corrected chi connectivity index (χ0v) is 84.9. The molecule has 45 heteroatoms. The van der Waals surface area contributed by atoms with E-state index in [1.807, 2.05) is 6.92 Å². The van der Waals surface area contributed by atoms with Gasteiger partial charge in [-0.15, -0.1) is 0 Å². The topological polar surface area (TPSA) is 620 Å².